The Morgan fingerprint density at radius 1 is 1.22 bits per heavy atom. The van der Waals surface area contributed by atoms with Crippen molar-refractivity contribution in [1.29, 1.82) is 0 Å². The molecule has 0 amide bonds. The predicted molar refractivity (Wildman–Crippen MR) is 91.5 cm³/mol. The summed E-state index contributed by atoms with van der Waals surface area (Å²) in [6.07, 6.45) is 2.39. The molecule has 1 rings (SSSR count). The molecule has 0 spiro atoms. The van der Waals surface area contributed by atoms with Crippen molar-refractivity contribution < 1.29 is 18.3 Å². The van der Waals surface area contributed by atoms with Gasteiger partial charge in [-0.25, -0.2) is 17.9 Å². The average molecular weight is 342 g/mol. The molecule has 0 saturated carbocycles. The predicted octanol–water partition coefficient (Wildman–Crippen LogP) is 3.06. The first kappa shape index (κ1) is 19.4. The maximum Gasteiger partial charge on any atom is 0.335 e. The Morgan fingerprint density at radius 3 is 2.39 bits per heavy atom. The minimum Gasteiger partial charge on any atom is -0.478 e. The molecule has 0 aromatic heterocycles. The molecular weight excluding hydrogens is 316 g/mol. The number of anilines is 1. The van der Waals surface area contributed by atoms with Crippen LogP contribution < -0.4 is 10.0 Å². The van der Waals surface area contributed by atoms with E-state index in [0.717, 1.165) is 12.8 Å². The lowest BCUT2D eigenvalue weighted by atomic mass is 10.2. The highest BCUT2D eigenvalue weighted by atomic mass is 32.2. The third kappa shape index (κ3) is 5.51. The third-order valence-corrected chi connectivity index (χ3v) is 5.24. The molecule has 1 aromatic rings. The van der Waals surface area contributed by atoms with Crippen molar-refractivity contribution in [2.24, 2.45) is 0 Å². The van der Waals surface area contributed by atoms with Gasteiger partial charge in [-0.1, -0.05) is 20.3 Å². The molecule has 7 heteroatoms. The zero-order valence-corrected chi connectivity index (χ0v) is 14.9. The number of hydrogen-bond donors (Lipinski definition) is 3. The average Bonchev–Trinajstić information content (AvgIpc) is 2.46. The summed E-state index contributed by atoms with van der Waals surface area (Å²) in [7, 11) is -3.80. The quantitative estimate of drug-likeness (QED) is 0.641. The Kier molecular flexibility index (Phi) is 7.02. The van der Waals surface area contributed by atoms with Crippen molar-refractivity contribution >= 4 is 21.7 Å². The largest absolute Gasteiger partial charge is 0.478 e. The molecule has 0 fully saturated rings. The van der Waals surface area contributed by atoms with Gasteiger partial charge in [-0.3, -0.25) is 0 Å². The second kappa shape index (κ2) is 8.31. The number of aromatic carboxylic acids is 1. The number of carboxylic acid groups (broad SMARTS) is 1. The van der Waals surface area contributed by atoms with Crippen LogP contribution in [0.3, 0.4) is 0 Å². The van der Waals surface area contributed by atoms with E-state index in [2.05, 4.69) is 10.0 Å². The van der Waals surface area contributed by atoms with E-state index in [0.29, 0.717) is 12.1 Å². The maximum absolute atomic E-state index is 12.6. The number of hydrogen-bond acceptors (Lipinski definition) is 4. The van der Waals surface area contributed by atoms with Crippen LogP contribution >= 0.6 is 0 Å². The highest BCUT2D eigenvalue weighted by Crippen LogP contribution is 2.24. The van der Waals surface area contributed by atoms with Gasteiger partial charge in [0.2, 0.25) is 10.0 Å². The molecule has 0 unspecified atom stereocenters. The molecule has 0 saturated heterocycles. The zero-order valence-electron chi connectivity index (χ0n) is 14.1. The van der Waals surface area contributed by atoms with Gasteiger partial charge in [0.05, 0.1) is 11.3 Å². The number of sulfonamides is 1. The summed E-state index contributed by atoms with van der Waals surface area (Å²) in [5.74, 6) is -1.15. The number of rotatable bonds is 9. The fraction of sp³-hybridized carbons (Fsp3) is 0.562. The molecule has 6 nitrogen and oxygen atoms in total. The lowest BCUT2D eigenvalue weighted by Gasteiger charge is -2.19. The van der Waals surface area contributed by atoms with Crippen molar-refractivity contribution in [3.05, 3.63) is 23.8 Å². The summed E-state index contributed by atoms with van der Waals surface area (Å²) in [4.78, 5) is 11.1. The molecule has 0 aliphatic rings. The minimum atomic E-state index is -3.80. The van der Waals surface area contributed by atoms with Crippen LogP contribution in [0.2, 0.25) is 0 Å². The van der Waals surface area contributed by atoms with E-state index in [9.17, 15) is 13.2 Å². The number of carboxylic acids is 1. The standard InChI is InChI=1S/C16H26N2O4S/c1-5-7-12(4)18-23(21,22)15-10-13(16(19)20)8-9-14(15)17-11(3)6-2/h8-12,17-18H,5-7H2,1-4H3,(H,19,20)/t11-,12+/m1/s1. The van der Waals surface area contributed by atoms with Crippen LogP contribution in [0.4, 0.5) is 5.69 Å². The van der Waals surface area contributed by atoms with Gasteiger partial charge < -0.3 is 10.4 Å². The van der Waals surface area contributed by atoms with Crippen molar-refractivity contribution in [2.45, 2.75) is 63.9 Å². The Labute approximate surface area is 138 Å². The smallest absolute Gasteiger partial charge is 0.335 e. The monoisotopic (exact) mass is 342 g/mol. The van der Waals surface area contributed by atoms with Crippen LogP contribution in [-0.2, 0) is 10.0 Å². The highest BCUT2D eigenvalue weighted by molar-refractivity contribution is 7.89. The molecule has 0 aliphatic carbocycles. The van der Waals surface area contributed by atoms with E-state index in [-0.39, 0.29) is 22.5 Å². The lowest BCUT2D eigenvalue weighted by Crippen LogP contribution is -2.33. The first-order chi connectivity index (χ1) is 10.7. The van der Waals surface area contributed by atoms with Gasteiger partial charge in [0, 0.05) is 12.1 Å². The number of benzene rings is 1. The first-order valence-electron chi connectivity index (χ1n) is 7.87. The lowest BCUT2D eigenvalue weighted by molar-refractivity contribution is 0.0696. The maximum atomic E-state index is 12.6. The van der Waals surface area contributed by atoms with Gasteiger partial charge in [-0.2, -0.15) is 0 Å². The van der Waals surface area contributed by atoms with Gasteiger partial charge in [-0.05, 0) is 44.9 Å². The van der Waals surface area contributed by atoms with E-state index in [1.165, 1.54) is 18.2 Å². The SMILES string of the molecule is CCC[C@H](C)NS(=O)(=O)c1cc(C(=O)O)ccc1N[C@H](C)CC. The van der Waals surface area contributed by atoms with Gasteiger partial charge in [0.25, 0.3) is 0 Å². The molecule has 1 aromatic carbocycles. The van der Waals surface area contributed by atoms with Crippen LogP contribution in [0.15, 0.2) is 23.1 Å². The molecule has 2 atom stereocenters. The molecule has 0 radical (unpaired) electrons. The van der Waals surface area contributed by atoms with E-state index in [1.807, 2.05) is 20.8 Å². The van der Waals surface area contributed by atoms with Crippen molar-refractivity contribution in [3.8, 4) is 0 Å². The Balaban J connectivity index is 3.27. The van der Waals surface area contributed by atoms with Gasteiger partial charge in [0.1, 0.15) is 4.90 Å². The fourth-order valence-electron chi connectivity index (χ4n) is 2.18. The van der Waals surface area contributed by atoms with Crippen molar-refractivity contribution in [3.63, 3.8) is 0 Å². The summed E-state index contributed by atoms with van der Waals surface area (Å²) in [6, 6.07) is 3.98. The molecule has 3 N–H and O–H groups in total. The topological polar surface area (TPSA) is 95.5 Å². The molecule has 0 bridgehead atoms. The van der Waals surface area contributed by atoms with E-state index in [4.69, 9.17) is 5.11 Å². The third-order valence-electron chi connectivity index (χ3n) is 3.61. The molecule has 0 aliphatic heterocycles. The van der Waals surface area contributed by atoms with Crippen LogP contribution in [0.5, 0.6) is 0 Å². The summed E-state index contributed by atoms with van der Waals surface area (Å²) in [5, 5.41) is 12.2. The van der Waals surface area contributed by atoms with E-state index < -0.39 is 16.0 Å². The van der Waals surface area contributed by atoms with Crippen molar-refractivity contribution in [2.75, 3.05) is 5.32 Å². The van der Waals surface area contributed by atoms with Crippen LogP contribution in [0.1, 0.15) is 57.3 Å². The number of carbonyl (C=O) groups is 1. The number of nitrogens with one attached hydrogen (secondary N) is 2. The van der Waals surface area contributed by atoms with Gasteiger partial charge in [-0.15, -0.1) is 0 Å². The van der Waals surface area contributed by atoms with Gasteiger partial charge >= 0.3 is 5.97 Å². The fourth-order valence-corrected chi connectivity index (χ4v) is 3.66. The molecule has 0 heterocycles. The van der Waals surface area contributed by atoms with Gasteiger partial charge in [0.15, 0.2) is 0 Å². The summed E-state index contributed by atoms with van der Waals surface area (Å²) in [6.45, 7) is 7.70. The first-order valence-corrected chi connectivity index (χ1v) is 9.35. The summed E-state index contributed by atoms with van der Waals surface area (Å²) in [5.41, 5.74) is 0.365. The molecule has 23 heavy (non-hydrogen) atoms. The van der Waals surface area contributed by atoms with Crippen LogP contribution in [0.25, 0.3) is 0 Å². The normalized spacial score (nSPS) is 14.3. The Morgan fingerprint density at radius 2 is 1.87 bits per heavy atom. The zero-order chi connectivity index (χ0) is 17.6. The van der Waals surface area contributed by atoms with Crippen LogP contribution in [0, 0.1) is 0 Å². The van der Waals surface area contributed by atoms with Crippen molar-refractivity contribution in [1.82, 2.24) is 4.72 Å². The van der Waals surface area contributed by atoms with Crippen LogP contribution in [-0.4, -0.2) is 31.6 Å². The Hall–Kier alpha value is -1.60. The molecule has 130 valence electrons. The highest BCUT2D eigenvalue weighted by Gasteiger charge is 2.23. The summed E-state index contributed by atoms with van der Waals surface area (Å²) < 4.78 is 27.9. The second-order valence-corrected chi connectivity index (χ2v) is 7.46. The Bertz CT molecular complexity index is 643. The summed E-state index contributed by atoms with van der Waals surface area (Å²) >= 11 is 0. The van der Waals surface area contributed by atoms with E-state index in [1.54, 1.807) is 6.92 Å². The molecular formula is C16H26N2O4S. The van der Waals surface area contributed by atoms with E-state index >= 15 is 0 Å². The second-order valence-electron chi connectivity index (χ2n) is 5.78. The minimum absolute atomic E-state index is 0.0272.